The van der Waals surface area contributed by atoms with Crippen LogP contribution in [0.2, 0.25) is 0 Å². The maximum atomic E-state index is 12.4. The fourth-order valence-corrected chi connectivity index (χ4v) is 1.10. The molecule has 0 atom stereocenters. The van der Waals surface area contributed by atoms with Crippen molar-refractivity contribution in [2.75, 3.05) is 5.73 Å². The Morgan fingerprint density at radius 3 is 2.60 bits per heavy atom. The van der Waals surface area contributed by atoms with E-state index in [1.807, 2.05) is 0 Å². The van der Waals surface area contributed by atoms with Gasteiger partial charge in [0.2, 0.25) is 0 Å². The molecule has 0 aliphatic heterocycles. The molecule has 15 heavy (non-hydrogen) atoms. The van der Waals surface area contributed by atoms with Gasteiger partial charge in [-0.15, -0.1) is 0 Å². The lowest BCUT2D eigenvalue weighted by Gasteiger charge is -2.08. The Hall–Kier alpha value is -1.76. The first-order valence-electron chi connectivity index (χ1n) is 3.98. The number of pyridine rings is 1. The largest absolute Gasteiger partial charge is 0.477 e. The van der Waals surface area contributed by atoms with Crippen molar-refractivity contribution in [3.8, 4) is 0 Å². The number of alkyl halides is 2. The minimum absolute atomic E-state index is 0.0343. The molecule has 5 nitrogen and oxygen atoms in total. The van der Waals surface area contributed by atoms with Gasteiger partial charge in [0.05, 0.1) is 5.56 Å². The van der Waals surface area contributed by atoms with Gasteiger partial charge in [-0.1, -0.05) is 0 Å². The number of aromatic nitrogens is 1. The summed E-state index contributed by atoms with van der Waals surface area (Å²) in [7, 11) is 0. The van der Waals surface area contributed by atoms with Gasteiger partial charge in [-0.3, -0.25) is 0 Å². The first kappa shape index (κ1) is 11.3. The fraction of sp³-hybridized carbons (Fsp3) is 0.250. The molecule has 0 saturated heterocycles. The number of carboxylic acid groups (broad SMARTS) is 1. The van der Waals surface area contributed by atoms with Gasteiger partial charge in [-0.05, 0) is 11.6 Å². The van der Waals surface area contributed by atoms with Crippen molar-refractivity contribution in [2.24, 2.45) is 5.73 Å². The van der Waals surface area contributed by atoms with Crippen LogP contribution >= 0.6 is 0 Å². The molecular formula is C8H9F2N3O2. The van der Waals surface area contributed by atoms with Crippen LogP contribution in [-0.4, -0.2) is 16.1 Å². The number of nitrogens with zero attached hydrogens (tertiary/aromatic N) is 1. The zero-order valence-corrected chi connectivity index (χ0v) is 7.58. The number of rotatable bonds is 3. The molecule has 1 aromatic rings. The monoisotopic (exact) mass is 217 g/mol. The van der Waals surface area contributed by atoms with E-state index in [0.717, 1.165) is 6.07 Å². The summed E-state index contributed by atoms with van der Waals surface area (Å²) < 4.78 is 24.7. The van der Waals surface area contributed by atoms with Gasteiger partial charge in [-0.2, -0.15) is 0 Å². The van der Waals surface area contributed by atoms with E-state index in [-0.39, 0.29) is 17.8 Å². The summed E-state index contributed by atoms with van der Waals surface area (Å²) >= 11 is 0. The van der Waals surface area contributed by atoms with E-state index < -0.39 is 23.8 Å². The average molecular weight is 217 g/mol. The van der Waals surface area contributed by atoms with Crippen molar-refractivity contribution in [2.45, 2.75) is 13.0 Å². The van der Waals surface area contributed by atoms with Gasteiger partial charge in [0.25, 0.3) is 6.43 Å². The van der Waals surface area contributed by atoms with Gasteiger partial charge in [0.1, 0.15) is 5.82 Å². The Morgan fingerprint density at radius 2 is 2.20 bits per heavy atom. The van der Waals surface area contributed by atoms with Crippen LogP contribution in [0.3, 0.4) is 0 Å². The lowest BCUT2D eigenvalue weighted by atomic mass is 10.1. The van der Waals surface area contributed by atoms with Crippen LogP contribution in [0.5, 0.6) is 0 Å². The second-order valence-electron chi connectivity index (χ2n) is 2.78. The molecule has 0 aliphatic carbocycles. The molecule has 0 spiro atoms. The molecule has 0 saturated carbocycles. The molecule has 0 aromatic carbocycles. The molecule has 1 rings (SSSR count). The Balaban J connectivity index is 3.35. The second kappa shape index (κ2) is 4.18. The highest BCUT2D eigenvalue weighted by Gasteiger charge is 2.19. The third-order valence-electron chi connectivity index (χ3n) is 1.82. The highest BCUT2D eigenvalue weighted by molar-refractivity contribution is 5.87. The van der Waals surface area contributed by atoms with E-state index in [2.05, 4.69) is 4.98 Å². The van der Waals surface area contributed by atoms with Crippen LogP contribution in [0, 0.1) is 0 Å². The predicted molar refractivity (Wildman–Crippen MR) is 48.5 cm³/mol. The van der Waals surface area contributed by atoms with Gasteiger partial charge >= 0.3 is 5.97 Å². The van der Waals surface area contributed by atoms with Gasteiger partial charge in [-0.25, -0.2) is 18.6 Å². The summed E-state index contributed by atoms with van der Waals surface area (Å²) in [6.45, 7) is -0.186. The van der Waals surface area contributed by atoms with Crippen LogP contribution < -0.4 is 11.5 Å². The van der Waals surface area contributed by atoms with E-state index in [1.165, 1.54) is 0 Å². The zero-order chi connectivity index (χ0) is 11.6. The van der Waals surface area contributed by atoms with E-state index in [0.29, 0.717) is 0 Å². The molecule has 1 heterocycles. The minimum Gasteiger partial charge on any atom is -0.477 e. The molecule has 7 heteroatoms. The van der Waals surface area contributed by atoms with E-state index >= 15 is 0 Å². The normalized spacial score (nSPS) is 10.7. The molecule has 0 unspecified atom stereocenters. The Labute approximate surface area is 83.7 Å². The number of carbonyl (C=O) groups is 1. The number of aromatic carboxylic acids is 1. The average Bonchev–Trinajstić information content (AvgIpc) is 2.16. The van der Waals surface area contributed by atoms with Crippen molar-refractivity contribution < 1.29 is 18.7 Å². The molecule has 0 bridgehead atoms. The summed E-state index contributed by atoms with van der Waals surface area (Å²) in [5, 5.41) is 8.69. The number of halogens is 2. The quantitative estimate of drug-likeness (QED) is 0.693. The molecule has 0 aliphatic rings. The molecule has 0 fully saturated rings. The van der Waals surface area contributed by atoms with Crippen LogP contribution in [0.25, 0.3) is 0 Å². The Kier molecular flexibility index (Phi) is 3.15. The van der Waals surface area contributed by atoms with Crippen molar-refractivity contribution in [3.63, 3.8) is 0 Å². The van der Waals surface area contributed by atoms with E-state index in [9.17, 15) is 13.6 Å². The van der Waals surface area contributed by atoms with Gasteiger partial charge in [0, 0.05) is 6.54 Å². The minimum atomic E-state index is -2.80. The number of hydrogen-bond donors (Lipinski definition) is 3. The number of nitrogens with two attached hydrogens (primary N) is 2. The maximum Gasteiger partial charge on any atom is 0.354 e. The number of hydrogen-bond acceptors (Lipinski definition) is 4. The lowest BCUT2D eigenvalue weighted by molar-refractivity contribution is 0.0688. The van der Waals surface area contributed by atoms with E-state index in [4.69, 9.17) is 16.6 Å². The molecule has 82 valence electrons. The standard InChI is InChI=1S/C8H9F2N3O2/c9-6(10)4-1-3(2-11)5(8(14)15)13-7(4)12/h1,6H,2,11H2,(H2,12,13)(H,14,15). The first-order valence-corrected chi connectivity index (χ1v) is 3.98. The zero-order valence-electron chi connectivity index (χ0n) is 7.58. The first-order chi connectivity index (χ1) is 6.97. The third-order valence-corrected chi connectivity index (χ3v) is 1.82. The second-order valence-corrected chi connectivity index (χ2v) is 2.78. The summed E-state index contributed by atoms with van der Waals surface area (Å²) in [6.07, 6.45) is -2.80. The fourth-order valence-electron chi connectivity index (χ4n) is 1.10. The van der Waals surface area contributed by atoms with Crippen molar-refractivity contribution >= 4 is 11.8 Å². The predicted octanol–water partition coefficient (Wildman–Crippen LogP) is 0.758. The molecular weight excluding hydrogens is 208 g/mol. The van der Waals surface area contributed by atoms with Crippen LogP contribution in [-0.2, 0) is 6.54 Å². The summed E-state index contributed by atoms with van der Waals surface area (Å²) in [4.78, 5) is 14.0. The topological polar surface area (TPSA) is 102 Å². The highest BCUT2D eigenvalue weighted by atomic mass is 19.3. The van der Waals surface area contributed by atoms with Gasteiger partial charge in [0.15, 0.2) is 5.69 Å². The van der Waals surface area contributed by atoms with Crippen molar-refractivity contribution in [3.05, 3.63) is 22.9 Å². The Morgan fingerprint density at radius 1 is 1.60 bits per heavy atom. The maximum absolute atomic E-state index is 12.4. The highest BCUT2D eigenvalue weighted by Crippen LogP contribution is 2.25. The number of anilines is 1. The lowest BCUT2D eigenvalue weighted by Crippen LogP contribution is -2.13. The summed E-state index contributed by atoms with van der Waals surface area (Å²) in [5.74, 6) is -1.83. The third kappa shape index (κ3) is 2.18. The van der Waals surface area contributed by atoms with Crippen molar-refractivity contribution in [1.82, 2.24) is 4.98 Å². The van der Waals surface area contributed by atoms with Crippen molar-refractivity contribution in [1.29, 1.82) is 0 Å². The molecule has 1 aromatic heterocycles. The number of carboxylic acids is 1. The Bertz CT molecular complexity index is 396. The molecule has 0 amide bonds. The number of nitrogen functional groups attached to an aromatic ring is 1. The van der Waals surface area contributed by atoms with Crippen LogP contribution in [0.15, 0.2) is 6.07 Å². The summed E-state index contributed by atoms with van der Waals surface area (Å²) in [6, 6.07) is 0.969. The van der Waals surface area contributed by atoms with Gasteiger partial charge < -0.3 is 16.6 Å². The van der Waals surface area contributed by atoms with Crippen LogP contribution in [0.4, 0.5) is 14.6 Å². The summed E-state index contributed by atoms with van der Waals surface area (Å²) in [5.41, 5.74) is 9.55. The van der Waals surface area contributed by atoms with Crippen LogP contribution in [0.1, 0.15) is 28.0 Å². The van der Waals surface area contributed by atoms with E-state index in [1.54, 1.807) is 0 Å². The molecule has 0 radical (unpaired) electrons. The molecule has 5 N–H and O–H groups in total. The SMILES string of the molecule is NCc1cc(C(F)F)c(N)nc1C(=O)O. The smallest absolute Gasteiger partial charge is 0.354 e.